The summed E-state index contributed by atoms with van der Waals surface area (Å²) < 4.78 is 23.7. The fourth-order valence-corrected chi connectivity index (χ4v) is 0.356. The molecular weight excluding hydrogens is 110 g/mol. The molecule has 0 N–H and O–H groups in total. The molecule has 0 bridgehead atoms. The Morgan fingerprint density at radius 3 is 2.25 bits per heavy atom. The molecule has 48 valence electrons. The molecule has 0 fully saturated rings. The first-order valence-electron chi connectivity index (χ1n) is 2.55. The lowest BCUT2D eigenvalue weighted by Gasteiger charge is -2.05. The number of alkyl halides is 2. The van der Waals surface area contributed by atoms with Gasteiger partial charge in [-0.3, -0.25) is 0 Å². The van der Waals surface area contributed by atoms with Gasteiger partial charge in [0.25, 0.3) is 0 Å². The summed E-state index contributed by atoms with van der Waals surface area (Å²) in [4.78, 5) is 0. The number of hydrogen-bond donors (Lipinski definition) is 0. The maximum Gasteiger partial charge on any atom is 0.245 e. The van der Waals surface area contributed by atoms with Crippen LogP contribution in [0.15, 0.2) is 12.7 Å². The molecule has 0 aromatic rings. The molecule has 0 amide bonds. The van der Waals surface area contributed by atoms with Crippen LogP contribution in [-0.2, 0) is 0 Å². The quantitative estimate of drug-likeness (QED) is 0.502. The Balaban J connectivity index is 3.24. The molecule has 0 saturated carbocycles. The molecule has 0 saturated heterocycles. The van der Waals surface area contributed by atoms with Crippen molar-refractivity contribution in [2.75, 3.05) is 0 Å². The molecule has 2 heteroatoms. The Kier molecular flexibility index (Phi) is 2.66. The third-order valence-electron chi connectivity index (χ3n) is 0.787. The number of hydrogen-bond acceptors (Lipinski definition) is 0. The van der Waals surface area contributed by atoms with Crippen molar-refractivity contribution in [3.05, 3.63) is 12.7 Å². The Hall–Kier alpha value is -0.400. The van der Waals surface area contributed by atoms with E-state index < -0.39 is 5.92 Å². The van der Waals surface area contributed by atoms with Crippen molar-refractivity contribution >= 4 is 0 Å². The number of halogens is 2. The Morgan fingerprint density at radius 1 is 1.62 bits per heavy atom. The van der Waals surface area contributed by atoms with Crippen LogP contribution < -0.4 is 0 Å². The van der Waals surface area contributed by atoms with Gasteiger partial charge in [-0.2, -0.15) is 0 Å². The van der Waals surface area contributed by atoms with Crippen molar-refractivity contribution in [2.45, 2.75) is 25.7 Å². The van der Waals surface area contributed by atoms with Crippen LogP contribution in [0.5, 0.6) is 0 Å². The van der Waals surface area contributed by atoms with E-state index in [0.29, 0.717) is 6.42 Å². The minimum absolute atomic E-state index is 0.0868. The van der Waals surface area contributed by atoms with Gasteiger partial charge in [0.05, 0.1) is 0 Å². The molecule has 0 rings (SSSR count). The van der Waals surface area contributed by atoms with Crippen molar-refractivity contribution in [3.8, 4) is 0 Å². The third-order valence-corrected chi connectivity index (χ3v) is 0.787. The van der Waals surface area contributed by atoms with Crippen LogP contribution in [0.3, 0.4) is 0 Å². The Labute approximate surface area is 48.2 Å². The maximum atomic E-state index is 11.9. The highest BCUT2D eigenvalue weighted by molar-refractivity contribution is 4.70. The van der Waals surface area contributed by atoms with E-state index in [1.165, 1.54) is 6.08 Å². The summed E-state index contributed by atoms with van der Waals surface area (Å²) in [6, 6.07) is 0. The van der Waals surface area contributed by atoms with Gasteiger partial charge in [0.2, 0.25) is 5.92 Å². The average molecular weight is 120 g/mol. The van der Waals surface area contributed by atoms with E-state index >= 15 is 0 Å². The zero-order valence-corrected chi connectivity index (χ0v) is 4.95. The van der Waals surface area contributed by atoms with Gasteiger partial charge in [-0.15, -0.1) is 6.58 Å². The van der Waals surface area contributed by atoms with E-state index in [4.69, 9.17) is 0 Å². The molecule has 8 heavy (non-hydrogen) atoms. The van der Waals surface area contributed by atoms with Gasteiger partial charge in [-0.25, -0.2) is 8.78 Å². The van der Waals surface area contributed by atoms with E-state index in [9.17, 15) is 8.78 Å². The molecule has 0 spiro atoms. The molecule has 0 aliphatic rings. The summed E-state index contributed by atoms with van der Waals surface area (Å²) in [7, 11) is 0. The van der Waals surface area contributed by atoms with E-state index in [1.807, 2.05) is 0 Å². The molecular formula is C6H10F2. The van der Waals surface area contributed by atoms with Crippen molar-refractivity contribution in [3.63, 3.8) is 0 Å². The van der Waals surface area contributed by atoms with Gasteiger partial charge in [-0.1, -0.05) is 6.08 Å². The van der Waals surface area contributed by atoms with Crippen molar-refractivity contribution in [1.29, 1.82) is 0 Å². The van der Waals surface area contributed by atoms with Crippen LogP contribution in [0.4, 0.5) is 8.78 Å². The van der Waals surface area contributed by atoms with Crippen molar-refractivity contribution in [1.82, 2.24) is 0 Å². The van der Waals surface area contributed by atoms with E-state index in [-0.39, 0.29) is 6.42 Å². The van der Waals surface area contributed by atoms with Crippen molar-refractivity contribution < 1.29 is 8.78 Å². The lowest BCUT2D eigenvalue weighted by Crippen LogP contribution is -2.07. The summed E-state index contributed by atoms with van der Waals surface area (Å²) in [6.07, 6.45) is 1.80. The summed E-state index contributed by atoms with van der Waals surface area (Å²) in [5, 5.41) is 0. The summed E-state index contributed by atoms with van der Waals surface area (Å²) in [5.41, 5.74) is 0. The average Bonchev–Trinajstić information content (AvgIpc) is 1.59. The largest absolute Gasteiger partial charge is 0.245 e. The fourth-order valence-electron chi connectivity index (χ4n) is 0.356. The highest BCUT2D eigenvalue weighted by Gasteiger charge is 2.18. The van der Waals surface area contributed by atoms with E-state index in [2.05, 4.69) is 6.58 Å². The zero-order chi connectivity index (χ0) is 6.62. The van der Waals surface area contributed by atoms with Gasteiger partial charge >= 0.3 is 0 Å². The second kappa shape index (κ2) is 2.80. The monoisotopic (exact) mass is 120 g/mol. The van der Waals surface area contributed by atoms with E-state index in [1.54, 1.807) is 0 Å². The van der Waals surface area contributed by atoms with Crippen LogP contribution in [0.2, 0.25) is 0 Å². The van der Waals surface area contributed by atoms with Gasteiger partial charge < -0.3 is 0 Å². The molecule has 0 heterocycles. The maximum absolute atomic E-state index is 11.9. The third kappa shape index (κ3) is 5.60. The van der Waals surface area contributed by atoms with Crippen molar-refractivity contribution in [2.24, 2.45) is 0 Å². The SMILES string of the molecule is C=CCCC(C)(F)F. The number of rotatable bonds is 3. The first-order chi connectivity index (χ1) is 3.56. The van der Waals surface area contributed by atoms with Crippen LogP contribution in [0.25, 0.3) is 0 Å². The predicted octanol–water partition coefficient (Wildman–Crippen LogP) is 2.61. The normalized spacial score (nSPS) is 11.4. The standard InChI is InChI=1S/C6H10F2/c1-3-4-5-6(2,7)8/h3H,1,4-5H2,2H3. The number of allylic oxidation sites excluding steroid dienone is 1. The molecule has 0 aromatic carbocycles. The predicted molar refractivity (Wildman–Crippen MR) is 30.1 cm³/mol. The molecule has 0 aromatic heterocycles. The first kappa shape index (κ1) is 7.60. The van der Waals surface area contributed by atoms with Gasteiger partial charge in [0.1, 0.15) is 0 Å². The lowest BCUT2D eigenvalue weighted by molar-refractivity contribution is 0.0140. The van der Waals surface area contributed by atoms with E-state index in [0.717, 1.165) is 6.92 Å². The Bertz CT molecular complexity index is 71.1. The smallest absolute Gasteiger partial charge is 0.207 e. The van der Waals surface area contributed by atoms with Gasteiger partial charge in [-0.05, 0) is 13.3 Å². The summed E-state index contributed by atoms with van der Waals surface area (Å²) in [6.45, 7) is 4.24. The topological polar surface area (TPSA) is 0 Å². The highest BCUT2D eigenvalue weighted by Crippen LogP contribution is 2.18. The second-order valence-electron chi connectivity index (χ2n) is 1.90. The van der Waals surface area contributed by atoms with Gasteiger partial charge in [0, 0.05) is 6.42 Å². The zero-order valence-electron chi connectivity index (χ0n) is 4.95. The highest BCUT2D eigenvalue weighted by atomic mass is 19.3. The second-order valence-corrected chi connectivity index (χ2v) is 1.90. The minimum atomic E-state index is -2.52. The first-order valence-corrected chi connectivity index (χ1v) is 2.55. The molecule has 0 atom stereocenters. The van der Waals surface area contributed by atoms with Crippen LogP contribution in [0, 0.1) is 0 Å². The fraction of sp³-hybridized carbons (Fsp3) is 0.667. The molecule has 0 radical (unpaired) electrons. The van der Waals surface area contributed by atoms with Crippen LogP contribution in [0.1, 0.15) is 19.8 Å². The summed E-state index contributed by atoms with van der Waals surface area (Å²) >= 11 is 0. The minimum Gasteiger partial charge on any atom is -0.207 e. The molecule has 0 aliphatic heterocycles. The lowest BCUT2D eigenvalue weighted by atomic mass is 10.2. The van der Waals surface area contributed by atoms with Gasteiger partial charge in [0.15, 0.2) is 0 Å². The molecule has 0 nitrogen and oxygen atoms in total. The Morgan fingerprint density at radius 2 is 2.12 bits per heavy atom. The molecule has 0 aliphatic carbocycles. The van der Waals surface area contributed by atoms with Crippen LogP contribution in [-0.4, -0.2) is 5.92 Å². The summed E-state index contributed by atoms with van der Waals surface area (Å²) in [5.74, 6) is -2.52. The molecule has 0 unspecified atom stereocenters. The van der Waals surface area contributed by atoms with Crippen LogP contribution >= 0.6 is 0 Å².